The molecular formula is C15H14N2O2. The van der Waals surface area contributed by atoms with Crippen LogP contribution in [0.2, 0.25) is 0 Å². The molecule has 4 heteroatoms. The van der Waals surface area contributed by atoms with Crippen LogP contribution in [0, 0.1) is 0 Å². The summed E-state index contributed by atoms with van der Waals surface area (Å²) in [6.45, 7) is 2.28. The molecule has 1 unspecified atom stereocenters. The van der Waals surface area contributed by atoms with Gasteiger partial charge in [-0.15, -0.1) is 0 Å². The Morgan fingerprint density at radius 1 is 1.21 bits per heavy atom. The zero-order valence-electron chi connectivity index (χ0n) is 10.6. The third-order valence-corrected chi connectivity index (χ3v) is 3.13. The summed E-state index contributed by atoms with van der Waals surface area (Å²) in [4.78, 5) is 18.2. The van der Waals surface area contributed by atoms with E-state index in [-0.39, 0.29) is 5.91 Å². The SMILES string of the molecule is CC1Oc2ncccc2N(Cc2ccccc2)C1=O. The molecule has 2 aromatic rings. The first-order valence-corrected chi connectivity index (χ1v) is 6.22. The summed E-state index contributed by atoms with van der Waals surface area (Å²) < 4.78 is 5.51. The lowest BCUT2D eigenvalue weighted by molar-refractivity contribution is -0.125. The smallest absolute Gasteiger partial charge is 0.268 e. The number of carbonyl (C=O) groups is 1. The molecule has 1 atom stereocenters. The number of benzene rings is 1. The molecule has 2 heterocycles. The average molecular weight is 254 g/mol. The molecule has 1 aliphatic rings. The first kappa shape index (κ1) is 11.7. The topological polar surface area (TPSA) is 42.4 Å². The Balaban J connectivity index is 1.97. The van der Waals surface area contributed by atoms with Gasteiger partial charge in [0.2, 0.25) is 5.88 Å². The number of pyridine rings is 1. The van der Waals surface area contributed by atoms with Gasteiger partial charge in [0.05, 0.1) is 6.54 Å². The first-order valence-electron chi connectivity index (χ1n) is 6.22. The molecule has 0 spiro atoms. The van der Waals surface area contributed by atoms with Gasteiger partial charge in [-0.3, -0.25) is 9.69 Å². The summed E-state index contributed by atoms with van der Waals surface area (Å²) in [6.07, 6.45) is 1.17. The number of carbonyl (C=O) groups excluding carboxylic acids is 1. The summed E-state index contributed by atoms with van der Waals surface area (Å²) in [5.74, 6) is 0.481. The number of ether oxygens (including phenoxy) is 1. The lowest BCUT2D eigenvalue weighted by Crippen LogP contribution is -2.44. The van der Waals surface area contributed by atoms with E-state index < -0.39 is 6.10 Å². The number of hydrogen-bond acceptors (Lipinski definition) is 3. The summed E-state index contributed by atoms with van der Waals surface area (Å²) in [6, 6.07) is 13.6. The summed E-state index contributed by atoms with van der Waals surface area (Å²) in [7, 11) is 0. The van der Waals surface area contributed by atoms with Crippen molar-refractivity contribution < 1.29 is 9.53 Å². The van der Waals surface area contributed by atoms with Crippen LogP contribution in [0.3, 0.4) is 0 Å². The Morgan fingerprint density at radius 2 is 2.00 bits per heavy atom. The molecule has 0 saturated carbocycles. The van der Waals surface area contributed by atoms with Crippen LogP contribution in [0.4, 0.5) is 5.69 Å². The van der Waals surface area contributed by atoms with Gasteiger partial charge >= 0.3 is 0 Å². The van der Waals surface area contributed by atoms with E-state index in [1.54, 1.807) is 18.0 Å². The summed E-state index contributed by atoms with van der Waals surface area (Å²) >= 11 is 0. The molecular weight excluding hydrogens is 240 g/mol. The monoisotopic (exact) mass is 254 g/mol. The zero-order valence-corrected chi connectivity index (χ0v) is 10.6. The molecule has 4 nitrogen and oxygen atoms in total. The number of amides is 1. The third-order valence-electron chi connectivity index (χ3n) is 3.13. The number of rotatable bonds is 2. The Morgan fingerprint density at radius 3 is 2.79 bits per heavy atom. The van der Waals surface area contributed by atoms with Crippen LogP contribution in [0.15, 0.2) is 48.7 Å². The maximum atomic E-state index is 12.3. The number of anilines is 1. The first-order chi connectivity index (χ1) is 9.25. The standard InChI is InChI=1S/C15H14N2O2/c1-11-15(18)17(10-12-6-3-2-4-7-12)13-8-5-9-16-14(13)19-11/h2-9,11H,10H2,1H3. The van der Waals surface area contributed by atoms with Crippen LogP contribution in [0.25, 0.3) is 0 Å². The van der Waals surface area contributed by atoms with E-state index in [4.69, 9.17) is 4.74 Å². The quantitative estimate of drug-likeness (QED) is 0.826. The second-order valence-corrected chi connectivity index (χ2v) is 4.50. The molecule has 1 aromatic carbocycles. The van der Waals surface area contributed by atoms with Gasteiger partial charge < -0.3 is 4.74 Å². The molecule has 0 saturated heterocycles. The molecule has 0 N–H and O–H groups in total. The fraction of sp³-hybridized carbons (Fsp3) is 0.200. The zero-order chi connectivity index (χ0) is 13.2. The molecule has 0 bridgehead atoms. The van der Waals surface area contributed by atoms with Gasteiger partial charge in [0.1, 0.15) is 5.69 Å². The van der Waals surface area contributed by atoms with Crippen molar-refractivity contribution in [1.29, 1.82) is 0 Å². The van der Waals surface area contributed by atoms with Gasteiger partial charge in [-0.2, -0.15) is 0 Å². The van der Waals surface area contributed by atoms with Gasteiger partial charge in [0.25, 0.3) is 5.91 Å². The number of aromatic nitrogens is 1. The highest BCUT2D eigenvalue weighted by Gasteiger charge is 2.31. The van der Waals surface area contributed by atoms with Gasteiger partial charge in [-0.1, -0.05) is 30.3 Å². The summed E-state index contributed by atoms with van der Waals surface area (Å²) in [5.41, 5.74) is 1.81. The van der Waals surface area contributed by atoms with Crippen molar-refractivity contribution >= 4 is 11.6 Å². The molecule has 19 heavy (non-hydrogen) atoms. The maximum Gasteiger partial charge on any atom is 0.268 e. The van der Waals surface area contributed by atoms with E-state index in [0.29, 0.717) is 12.4 Å². The predicted molar refractivity (Wildman–Crippen MR) is 72.0 cm³/mol. The van der Waals surface area contributed by atoms with Gasteiger partial charge in [0.15, 0.2) is 6.10 Å². The van der Waals surface area contributed by atoms with Crippen molar-refractivity contribution in [2.45, 2.75) is 19.6 Å². The Hall–Kier alpha value is -2.36. The lowest BCUT2D eigenvalue weighted by atomic mass is 10.1. The fourth-order valence-corrected chi connectivity index (χ4v) is 2.16. The van der Waals surface area contributed by atoms with Crippen molar-refractivity contribution in [2.24, 2.45) is 0 Å². The highest BCUT2D eigenvalue weighted by Crippen LogP contribution is 2.32. The van der Waals surface area contributed by atoms with E-state index in [0.717, 1.165) is 11.3 Å². The highest BCUT2D eigenvalue weighted by atomic mass is 16.5. The molecule has 1 aromatic heterocycles. The predicted octanol–water partition coefficient (Wildman–Crippen LogP) is 2.40. The van der Waals surface area contributed by atoms with Crippen molar-refractivity contribution in [3.63, 3.8) is 0 Å². The Bertz CT molecular complexity index is 598. The second-order valence-electron chi connectivity index (χ2n) is 4.50. The van der Waals surface area contributed by atoms with E-state index in [1.807, 2.05) is 42.5 Å². The molecule has 0 radical (unpaired) electrons. The van der Waals surface area contributed by atoms with Crippen molar-refractivity contribution in [1.82, 2.24) is 4.98 Å². The minimum Gasteiger partial charge on any atom is -0.463 e. The molecule has 96 valence electrons. The Labute approximate surface area is 111 Å². The largest absolute Gasteiger partial charge is 0.463 e. The van der Waals surface area contributed by atoms with Gasteiger partial charge in [-0.25, -0.2) is 4.98 Å². The number of hydrogen-bond donors (Lipinski definition) is 0. The van der Waals surface area contributed by atoms with Crippen LogP contribution < -0.4 is 9.64 Å². The van der Waals surface area contributed by atoms with E-state index in [2.05, 4.69) is 4.98 Å². The average Bonchev–Trinajstić information content (AvgIpc) is 2.45. The minimum absolute atomic E-state index is 0.0376. The molecule has 3 rings (SSSR count). The fourth-order valence-electron chi connectivity index (χ4n) is 2.16. The minimum atomic E-state index is -0.494. The van der Waals surface area contributed by atoms with E-state index in [9.17, 15) is 4.79 Å². The van der Waals surface area contributed by atoms with E-state index in [1.165, 1.54) is 0 Å². The molecule has 1 aliphatic heterocycles. The number of fused-ring (bicyclic) bond motifs is 1. The number of nitrogens with zero attached hydrogens (tertiary/aromatic N) is 2. The maximum absolute atomic E-state index is 12.3. The summed E-state index contributed by atoms with van der Waals surface area (Å²) in [5, 5.41) is 0. The molecule has 0 aliphatic carbocycles. The van der Waals surface area contributed by atoms with Crippen molar-refractivity contribution in [3.05, 3.63) is 54.2 Å². The van der Waals surface area contributed by atoms with Crippen LogP contribution >= 0.6 is 0 Å². The van der Waals surface area contributed by atoms with E-state index >= 15 is 0 Å². The van der Waals surface area contributed by atoms with Gasteiger partial charge in [0, 0.05) is 6.20 Å². The molecule has 0 fully saturated rings. The van der Waals surface area contributed by atoms with Crippen molar-refractivity contribution in [2.75, 3.05) is 4.90 Å². The van der Waals surface area contributed by atoms with Crippen molar-refractivity contribution in [3.8, 4) is 5.88 Å². The van der Waals surface area contributed by atoms with Crippen LogP contribution in [0.1, 0.15) is 12.5 Å². The highest BCUT2D eigenvalue weighted by molar-refractivity contribution is 5.99. The third kappa shape index (κ3) is 2.17. The normalized spacial score (nSPS) is 17.8. The van der Waals surface area contributed by atoms with Crippen LogP contribution in [-0.4, -0.2) is 17.0 Å². The van der Waals surface area contributed by atoms with Crippen LogP contribution in [-0.2, 0) is 11.3 Å². The lowest BCUT2D eigenvalue weighted by Gasteiger charge is -2.32. The Kier molecular flexibility index (Phi) is 2.91. The van der Waals surface area contributed by atoms with Crippen LogP contribution in [0.5, 0.6) is 5.88 Å². The molecule has 1 amide bonds. The second kappa shape index (κ2) is 4.72. The van der Waals surface area contributed by atoms with Gasteiger partial charge in [-0.05, 0) is 24.6 Å².